The number of hydrogen-bond donors (Lipinski definition) is 0. The Labute approximate surface area is 107 Å². The highest BCUT2D eigenvalue weighted by Gasteiger charge is 2.35. The Hall–Kier alpha value is -0.0800. The smallest absolute Gasteiger partial charge is 0.161 e. The standard InChI is InChI=1S/C15H30O2/c1-7-8-13(9-10-15(4,5)6)14-16-11(2)12(3)17-14/h11-14H,7-10H2,1-6H3. The fourth-order valence-electron chi connectivity index (χ4n) is 2.30. The maximum Gasteiger partial charge on any atom is 0.161 e. The zero-order valence-electron chi connectivity index (χ0n) is 12.5. The number of rotatable bonds is 5. The zero-order valence-corrected chi connectivity index (χ0v) is 12.5. The molecule has 2 nitrogen and oxygen atoms in total. The predicted octanol–water partition coefficient (Wildman–Crippen LogP) is 4.38. The third-order valence-corrected chi connectivity index (χ3v) is 3.67. The lowest BCUT2D eigenvalue weighted by Crippen LogP contribution is -2.24. The minimum Gasteiger partial charge on any atom is -0.347 e. The third kappa shape index (κ3) is 4.97. The normalized spacial score (nSPS) is 31.8. The molecule has 0 radical (unpaired) electrons. The average molecular weight is 242 g/mol. The van der Waals surface area contributed by atoms with Gasteiger partial charge in [-0.3, -0.25) is 0 Å². The SMILES string of the molecule is CCCC(CCC(C)(C)C)C1OC(C)C(C)O1. The summed E-state index contributed by atoms with van der Waals surface area (Å²) in [5, 5.41) is 0. The van der Waals surface area contributed by atoms with Crippen LogP contribution in [0.4, 0.5) is 0 Å². The summed E-state index contributed by atoms with van der Waals surface area (Å²) < 4.78 is 11.9. The second kappa shape index (κ2) is 6.19. The molecule has 102 valence electrons. The van der Waals surface area contributed by atoms with Gasteiger partial charge in [0.25, 0.3) is 0 Å². The van der Waals surface area contributed by atoms with Gasteiger partial charge in [-0.1, -0.05) is 34.1 Å². The summed E-state index contributed by atoms with van der Waals surface area (Å²) in [4.78, 5) is 0. The lowest BCUT2D eigenvalue weighted by molar-refractivity contribution is -0.107. The summed E-state index contributed by atoms with van der Waals surface area (Å²) in [6, 6.07) is 0. The van der Waals surface area contributed by atoms with E-state index in [1.54, 1.807) is 0 Å². The van der Waals surface area contributed by atoms with Crippen LogP contribution in [0.1, 0.15) is 67.2 Å². The molecular formula is C15H30O2. The molecule has 0 saturated carbocycles. The molecule has 1 aliphatic rings. The molecule has 0 spiro atoms. The molecule has 1 saturated heterocycles. The molecule has 1 fully saturated rings. The van der Waals surface area contributed by atoms with Crippen LogP contribution in [0.25, 0.3) is 0 Å². The maximum absolute atomic E-state index is 5.93. The van der Waals surface area contributed by atoms with E-state index in [9.17, 15) is 0 Å². The second-order valence-corrected chi connectivity index (χ2v) is 6.70. The van der Waals surface area contributed by atoms with Crippen LogP contribution < -0.4 is 0 Å². The highest BCUT2D eigenvalue weighted by Crippen LogP contribution is 2.32. The van der Waals surface area contributed by atoms with E-state index < -0.39 is 0 Å². The van der Waals surface area contributed by atoms with Crippen LogP contribution in [-0.2, 0) is 9.47 Å². The van der Waals surface area contributed by atoms with Gasteiger partial charge in [-0.2, -0.15) is 0 Å². The van der Waals surface area contributed by atoms with Gasteiger partial charge in [0.05, 0.1) is 12.2 Å². The van der Waals surface area contributed by atoms with Crippen LogP contribution in [0.15, 0.2) is 0 Å². The van der Waals surface area contributed by atoms with E-state index in [-0.39, 0.29) is 18.5 Å². The molecular weight excluding hydrogens is 212 g/mol. The molecule has 2 heteroatoms. The van der Waals surface area contributed by atoms with Gasteiger partial charge in [-0.05, 0) is 38.5 Å². The summed E-state index contributed by atoms with van der Waals surface area (Å²) >= 11 is 0. The summed E-state index contributed by atoms with van der Waals surface area (Å²) in [7, 11) is 0. The van der Waals surface area contributed by atoms with Crippen molar-refractivity contribution in [1.29, 1.82) is 0 Å². The molecule has 17 heavy (non-hydrogen) atoms. The topological polar surface area (TPSA) is 18.5 Å². The monoisotopic (exact) mass is 242 g/mol. The highest BCUT2D eigenvalue weighted by molar-refractivity contribution is 4.76. The summed E-state index contributed by atoms with van der Waals surface area (Å²) in [5.41, 5.74) is 0.405. The Morgan fingerprint density at radius 1 is 1.00 bits per heavy atom. The van der Waals surface area contributed by atoms with Gasteiger partial charge in [-0.25, -0.2) is 0 Å². The van der Waals surface area contributed by atoms with Crippen LogP contribution in [0.5, 0.6) is 0 Å². The van der Waals surface area contributed by atoms with Gasteiger partial charge in [0, 0.05) is 5.92 Å². The lowest BCUT2D eigenvalue weighted by atomic mass is 9.85. The fraction of sp³-hybridized carbons (Fsp3) is 1.00. The zero-order chi connectivity index (χ0) is 13.1. The van der Waals surface area contributed by atoms with Gasteiger partial charge in [0.1, 0.15) is 0 Å². The molecule has 3 atom stereocenters. The Balaban J connectivity index is 2.48. The first kappa shape index (κ1) is 15.0. The molecule has 0 N–H and O–H groups in total. The molecule has 0 aromatic carbocycles. The van der Waals surface area contributed by atoms with Crippen molar-refractivity contribution in [2.75, 3.05) is 0 Å². The van der Waals surface area contributed by atoms with E-state index in [1.807, 2.05) is 0 Å². The summed E-state index contributed by atoms with van der Waals surface area (Å²) in [5.74, 6) is 0.562. The maximum atomic E-state index is 5.93. The molecule has 0 amide bonds. The molecule has 3 unspecified atom stereocenters. The lowest BCUT2D eigenvalue weighted by Gasteiger charge is -2.26. The van der Waals surface area contributed by atoms with E-state index in [0.717, 1.165) is 0 Å². The van der Waals surface area contributed by atoms with Crippen molar-refractivity contribution in [2.45, 2.75) is 85.7 Å². The van der Waals surface area contributed by atoms with Crippen molar-refractivity contribution >= 4 is 0 Å². The van der Waals surface area contributed by atoms with Crippen molar-refractivity contribution in [1.82, 2.24) is 0 Å². The van der Waals surface area contributed by atoms with Crippen LogP contribution in [-0.4, -0.2) is 18.5 Å². The van der Waals surface area contributed by atoms with Gasteiger partial charge in [0.2, 0.25) is 0 Å². The first-order chi connectivity index (χ1) is 7.83. The Morgan fingerprint density at radius 2 is 1.53 bits per heavy atom. The Bertz CT molecular complexity index is 209. The molecule has 1 heterocycles. The van der Waals surface area contributed by atoms with Crippen molar-refractivity contribution in [3.8, 4) is 0 Å². The Kier molecular flexibility index (Phi) is 5.46. The molecule has 0 bridgehead atoms. The Morgan fingerprint density at radius 3 is 1.94 bits per heavy atom. The first-order valence-corrected chi connectivity index (χ1v) is 7.14. The summed E-state index contributed by atoms with van der Waals surface area (Å²) in [6.07, 6.45) is 5.39. The minimum absolute atomic E-state index is 0.0299. The van der Waals surface area contributed by atoms with E-state index in [2.05, 4.69) is 41.5 Å². The highest BCUT2D eigenvalue weighted by atomic mass is 16.7. The van der Waals surface area contributed by atoms with Gasteiger partial charge in [0.15, 0.2) is 6.29 Å². The minimum atomic E-state index is 0.0299. The van der Waals surface area contributed by atoms with Crippen LogP contribution >= 0.6 is 0 Å². The van der Waals surface area contributed by atoms with E-state index in [1.165, 1.54) is 25.7 Å². The van der Waals surface area contributed by atoms with Crippen molar-refractivity contribution in [3.63, 3.8) is 0 Å². The van der Waals surface area contributed by atoms with Crippen LogP contribution in [0.3, 0.4) is 0 Å². The molecule has 0 aliphatic carbocycles. The average Bonchev–Trinajstić information content (AvgIpc) is 2.52. The van der Waals surface area contributed by atoms with E-state index in [4.69, 9.17) is 9.47 Å². The molecule has 0 aromatic heterocycles. The van der Waals surface area contributed by atoms with Gasteiger partial charge in [-0.15, -0.1) is 0 Å². The molecule has 0 aromatic rings. The molecule has 1 aliphatic heterocycles. The fourth-order valence-corrected chi connectivity index (χ4v) is 2.30. The van der Waals surface area contributed by atoms with Crippen LogP contribution in [0, 0.1) is 11.3 Å². The van der Waals surface area contributed by atoms with E-state index in [0.29, 0.717) is 11.3 Å². The van der Waals surface area contributed by atoms with Crippen molar-refractivity contribution in [2.24, 2.45) is 11.3 Å². The second-order valence-electron chi connectivity index (χ2n) is 6.70. The predicted molar refractivity (Wildman–Crippen MR) is 72.0 cm³/mol. The number of hydrogen-bond acceptors (Lipinski definition) is 2. The largest absolute Gasteiger partial charge is 0.347 e. The third-order valence-electron chi connectivity index (χ3n) is 3.67. The first-order valence-electron chi connectivity index (χ1n) is 7.14. The van der Waals surface area contributed by atoms with Crippen molar-refractivity contribution in [3.05, 3.63) is 0 Å². The van der Waals surface area contributed by atoms with E-state index >= 15 is 0 Å². The summed E-state index contributed by atoms with van der Waals surface area (Å²) in [6.45, 7) is 13.4. The van der Waals surface area contributed by atoms with Crippen molar-refractivity contribution < 1.29 is 9.47 Å². The van der Waals surface area contributed by atoms with Gasteiger partial charge >= 0.3 is 0 Å². The molecule has 1 rings (SSSR count). The van der Waals surface area contributed by atoms with Crippen LogP contribution in [0.2, 0.25) is 0 Å². The van der Waals surface area contributed by atoms with Gasteiger partial charge < -0.3 is 9.47 Å². The number of ether oxygens (including phenoxy) is 2. The quantitative estimate of drug-likeness (QED) is 0.712.